The first-order valence-electron chi connectivity index (χ1n) is 9.31. The van der Waals surface area contributed by atoms with E-state index in [1.807, 2.05) is 37.1 Å². The molecule has 0 radical (unpaired) electrons. The van der Waals surface area contributed by atoms with Gasteiger partial charge in [-0.3, -0.25) is 4.79 Å². The van der Waals surface area contributed by atoms with Crippen LogP contribution in [0.2, 0.25) is 0 Å². The molecule has 0 heterocycles. The van der Waals surface area contributed by atoms with Crippen LogP contribution in [0.1, 0.15) is 38.1 Å². The molecule has 2 N–H and O–H groups in total. The average molecular weight is 420 g/mol. The number of sulfonamides is 1. The average Bonchev–Trinajstić information content (AvgIpc) is 2.65. The Morgan fingerprint density at radius 2 is 1.83 bits per heavy atom. The molecule has 0 atom stereocenters. The Morgan fingerprint density at radius 1 is 1.14 bits per heavy atom. The minimum atomic E-state index is -3.87. The van der Waals surface area contributed by atoms with Crippen molar-refractivity contribution in [3.63, 3.8) is 0 Å². The summed E-state index contributed by atoms with van der Waals surface area (Å²) in [6.45, 7) is 8.10. The Hall–Kier alpha value is -2.58. The summed E-state index contributed by atoms with van der Waals surface area (Å²) in [6, 6.07) is 11.8. The number of methoxy groups -OCH3 is 1. The Kier molecular flexibility index (Phi) is 6.92. The molecule has 0 unspecified atom stereocenters. The molecule has 0 aliphatic carbocycles. The Bertz CT molecular complexity index is 982. The molecule has 8 heteroatoms. The lowest BCUT2D eigenvalue weighted by Gasteiger charge is -2.21. The summed E-state index contributed by atoms with van der Waals surface area (Å²) in [5, 5.41) is 2.82. The first kappa shape index (κ1) is 22.7. The van der Waals surface area contributed by atoms with Crippen LogP contribution in [0.15, 0.2) is 47.4 Å². The molecule has 2 aromatic rings. The number of hydrogen-bond acceptors (Lipinski definition) is 5. The van der Waals surface area contributed by atoms with Gasteiger partial charge in [-0.05, 0) is 64.1 Å². The number of anilines is 2. The number of carbonyl (C=O) groups excluding carboxylic acids is 1. The molecule has 1 amide bonds. The highest BCUT2D eigenvalue weighted by atomic mass is 32.2. The van der Waals surface area contributed by atoms with Crippen LogP contribution in [-0.2, 0) is 10.0 Å². The van der Waals surface area contributed by atoms with E-state index in [0.717, 1.165) is 12.2 Å². The van der Waals surface area contributed by atoms with Gasteiger partial charge in [0.25, 0.3) is 5.91 Å². The van der Waals surface area contributed by atoms with Gasteiger partial charge in [0.2, 0.25) is 10.0 Å². The van der Waals surface area contributed by atoms with Crippen molar-refractivity contribution in [1.82, 2.24) is 4.72 Å². The maximum absolute atomic E-state index is 12.8. The molecule has 0 aliphatic rings. The van der Waals surface area contributed by atoms with Crippen LogP contribution in [0, 0.1) is 0 Å². The first-order chi connectivity index (χ1) is 13.5. The molecule has 0 fully saturated rings. The highest BCUT2D eigenvalue weighted by molar-refractivity contribution is 7.89. The molecule has 0 aromatic heterocycles. The third-order valence-corrected chi connectivity index (χ3v) is 5.95. The Labute approximate surface area is 173 Å². The number of rotatable bonds is 7. The second kappa shape index (κ2) is 8.84. The summed E-state index contributed by atoms with van der Waals surface area (Å²) in [4.78, 5) is 14.7. The number of benzene rings is 2. The molecule has 0 aliphatic heterocycles. The van der Waals surface area contributed by atoms with Crippen LogP contribution in [0.25, 0.3) is 0 Å². The molecule has 0 bridgehead atoms. The topological polar surface area (TPSA) is 87.7 Å². The zero-order valence-corrected chi connectivity index (χ0v) is 18.6. The SMILES string of the molecule is CCN(C)c1cccc(NC(=O)c2ccc(OC)c(S(=O)(=O)NC(C)(C)C)c2)c1. The van der Waals surface area contributed by atoms with Gasteiger partial charge in [0.1, 0.15) is 10.6 Å². The van der Waals surface area contributed by atoms with Gasteiger partial charge in [-0.2, -0.15) is 0 Å². The second-order valence-electron chi connectivity index (χ2n) is 7.74. The third kappa shape index (κ3) is 5.95. The summed E-state index contributed by atoms with van der Waals surface area (Å²) >= 11 is 0. The summed E-state index contributed by atoms with van der Waals surface area (Å²) in [5.41, 5.74) is 1.14. The lowest BCUT2D eigenvalue weighted by molar-refractivity contribution is 0.102. The van der Waals surface area contributed by atoms with Gasteiger partial charge >= 0.3 is 0 Å². The van der Waals surface area contributed by atoms with Crippen LogP contribution >= 0.6 is 0 Å². The lowest BCUT2D eigenvalue weighted by atomic mass is 10.1. The van der Waals surface area contributed by atoms with Crippen molar-refractivity contribution >= 4 is 27.3 Å². The largest absolute Gasteiger partial charge is 0.495 e. The maximum atomic E-state index is 12.8. The summed E-state index contributed by atoms with van der Waals surface area (Å²) in [5.74, 6) is -0.235. The molecule has 0 saturated carbocycles. The van der Waals surface area contributed by atoms with Crippen LogP contribution in [0.3, 0.4) is 0 Å². The van der Waals surface area contributed by atoms with Gasteiger partial charge in [-0.25, -0.2) is 13.1 Å². The maximum Gasteiger partial charge on any atom is 0.255 e. The molecule has 158 valence electrons. The van der Waals surface area contributed by atoms with Crippen LogP contribution in [0.4, 0.5) is 11.4 Å². The predicted octanol–water partition coefficient (Wildman–Crippen LogP) is 3.48. The first-order valence-corrected chi connectivity index (χ1v) is 10.8. The summed E-state index contributed by atoms with van der Waals surface area (Å²) < 4.78 is 33.4. The van der Waals surface area contributed by atoms with Crippen molar-refractivity contribution in [2.45, 2.75) is 38.1 Å². The molecule has 2 aromatic carbocycles. The number of ether oxygens (including phenoxy) is 1. The van der Waals surface area contributed by atoms with Gasteiger partial charge in [-0.1, -0.05) is 6.07 Å². The molecule has 2 rings (SSSR count). The fourth-order valence-electron chi connectivity index (χ4n) is 2.69. The zero-order chi connectivity index (χ0) is 21.8. The second-order valence-corrected chi connectivity index (χ2v) is 9.39. The Balaban J connectivity index is 2.35. The standard InChI is InChI=1S/C21H29N3O4S/c1-7-24(5)17-10-8-9-16(14-17)22-20(25)15-11-12-18(28-6)19(13-15)29(26,27)23-21(2,3)4/h8-14,23H,7H2,1-6H3,(H,22,25). The zero-order valence-electron chi connectivity index (χ0n) is 17.7. The molecule has 7 nitrogen and oxygen atoms in total. The predicted molar refractivity (Wildman–Crippen MR) is 116 cm³/mol. The molecular weight excluding hydrogens is 390 g/mol. The summed E-state index contributed by atoms with van der Waals surface area (Å²) in [6.07, 6.45) is 0. The van der Waals surface area contributed by atoms with E-state index in [9.17, 15) is 13.2 Å². The molecular formula is C21H29N3O4S. The fraction of sp³-hybridized carbons (Fsp3) is 0.381. The van der Waals surface area contributed by atoms with Gasteiger partial charge in [0, 0.05) is 36.1 Å². The molecule has 0 spiro atoms. The van der Waals surface area contributed by atoms with E-state index in [2.05, 4.69) is 10.0 Å². The van der Waals surface area contributed by atoms with Gasteiger partial charge in [0.05, 0.1) is 7.11 Å². The number of hydrogen-bond donors (Lipinski definition) is 2. The van der Waals surface area contributed by atoms with E-state index in [1.165, 1.54) is 25.3 Å². The van der Waals surface area contributed by atoms with Crippen molar-refractivity contribution < 1.29 is 17.9 Å². The number of nitrogens with one attached hydrogen (secondary N) is 2. The minimum Gasteiger partial charge on any atom is -0.495 e. The smallest absolute Gasteiger partial charge is 0.255 e. The number of nitrogens with zero attached hydrogens (tertiary/aromatic N) is 1. The van der Waals surface area contributed by atoms with E-state index in [4.69, 9.17) is 4.74 Å². The van der Waals surface area contributed by atoms with Crippen LogP contribution < -0.4 is 19.7 Å². The third-order valence-electron chi connectivity index (χ3n) is 4.18. The number of carbonyl (C=O) groups is 1. The van der Waals surface area contributed by atoms with Crippen LogP contribution in [-0.4, -0.2) is 40.6 Å². The molecule has 0 saturated heterocycles. The fourth-order valence-corrected chi connectivity index (χ4v) is 4.31. The van der Waals surface area contributed by atoms with Crippen molar-refractivity contribution in [2.75, 3.05) is 30.9 Å². The van der Waals surface area contributed by atoms with Gasteiger partial charge in [0.15, 0.2) is 0 Å². The van der Waals surface area contributed by atoms with E-state index >= 15 is 0 Å². The van der Waals surface area contributed by atoms with Gasteiger partial charge in [-0.15, -0.1) is 0 Å². The molecule has 29 heavy (non-hydrogen) atoms. The summed E-state index contributed by atoms with van der Waals surface area (Å²) in [7, 11) is -0.521. The van der Waals surface area contributed by atoms with Gasteiger partial charge < -0.3 is 15.0 Å². The van der Waals surface area contributed by atoms with Crippen molar-refractivity contribution in [3.05, 3.63) is 48.0 Å². The van der Waals surface area contributed by atoms with E-state index in [-0.39, 0.29) is 16.2 Å². The number of amides is 1. The van der Waals surface area contributed by atoms with E-state index in [0.29, 0.717) is 5.69 Å². The Morgan fingerprint density at radius 3 is 2.41 bits per heavy atom. The van der Waals surface area contributed by atoms with Crippen molar-refractivity contribution in [1.29, 1.82) is 0 Å². The normalized spacial score (nSPS) is 11.8. The van der Waals surface area contributed by atoms with E-state index < -0.39 is 21.5 Å². The highest BCUT2D eigenvalue weighted by Crippen LogP contribution is 2.27. The lowest BCUT2D eigenvalue weighted by Crippen LogP contribution is -2.40. The van der Waals surface area contributed by atoms with Crippen LogP contribution in [0.5, 0.6) is 5.75 Å². The van der Waals surface area contributed by atoms with Crippen molar-refractivity contribution in [2.24, 2.45) is 0 Å². The minimum absolute atomic E-state index is 0.0814. The monoisotopic (exact) mass is 419 g/mol. The van der Waals surface area contributed by atoms with E-state index in [1.54, 1.807) is 26.8 Å². The quantitative estimate of drug-likeness (QED) is 0.717. The van der Waals surface area contributed by atoms with Crippen molar-refractivity contribution in [3.8, 4) is 5.75 Å². The highest BCUT2D eigenvalue weighted by Gasteiger charge is 2.26.